The molecule has 3 rings (SSSR count). The van der Waals surface area contributed by atoms with Gasteiger partial charge in [-0.15, -0.1) is 0 Å². The first-order valence-electron chi connectivity index (χ1n) is 10.0. The zero-order chi connectivity index (χ0) is 21.7. The van der Waals surface area contributed by atoms with Gasteiger partial charge in [0.2, 0.25) is 0 Å². The molecule has 3 aliphatic rings. The number of ketones is 1. The Kier molecular flexibility index (Phi) is 5.45. The van der Waals surface area contributed by atoms with Crippen LogP contribution in [0.25, 0.3) is 0 Å². The second-order valence-corrected chi connectivity index (χ2v) is 8.55. The number of esters is 3. The van der Waals surface area contributed by atoms with Gasteiger partial charge in [0.05, 0.1) is 17.3 Å². The number of rotatable bonds is 4. The fraction of sp³-hybridized carbons (Fsp3) is 0.636. The summed E-state index contributed by atoms with van der Waals surface area (Å²) in [5, 5.41) is 0. The first kappa shape index (κ1) is 21.3. The van der Waals surface area contributed by atoms with E-state index in [0.29, 0.717) is 6.42 Å². The summed E-state index contributed by atoms with van der Waals surface area (Å²) >= 11 is 0. The lowest BCUT2D eigenvalue weighted by Gasteiger charge is -2.42. The van der Waals surface area contributed by atoms with E-state index in [2.05, 4.69) is 6.58 Å². The Morgan fingerprint density at radius 3 is 2.55 bits per heavy atom. The second-order valence-electron chi connectivity index (χ2n) is 8.55. The molecule has 8 atom stereocenters. The Labute approximate surface area is 170 Å². The Morgan fingerprint density at radius 1 is 1.31 bits per heavy atom. The van der Waals surface area contributed by atoms with Crippen molar-refractivity contribution in [2.75, 3.05) is 0 Å². The predicted octanol–water partition coefficient (Wildman–Crippen LogP) is 2.38. The van der Waals surface area contributed by atoms with Gasteiger partial charge in [-0.1, -0.05) is 33.4 Å². The molecule has 2 bridgehead atoms. The van der Waals surface area contributed by atoms with Crippen molar-refractivity contribution in [2.45, 2.75) is 59.4 Å². The van der Waals surface area contributed by atoms with Gasteiger partial charge in [-0.05, 0) is 25.3 Å². The number of ether oxygens (including phenoxy) is 3. The van der Waals surface area contributed by atoms with Crippen molar-refractivity contribution in [3.63, 3.8) is 0 Å². The average molecular weight is 404 g/mol. The molecular weight excluding hydrogens is 376 g/mol. The van der Waals surface area contributed by atoms with Crippen LogP contribution >= 0.6 is 0 Å². The van der Waals surface area contributed by atoms with Gasteiger partial charge in [0, 0.05) is 18.4 Å². The van der Waals surface area contributed by atoms with Crippen LogP contribution in [-0.2, 0) is 33.4 Å². The highest BCUT2D eigenvalue weighted by molar-refractivity contribution is 5.99. The standard InChI is InChI=1S/C22H28O7/c1-7-10(2)20(25)29-19-16-12(4)21(26)28-17(18(16)27-13(5)23)11(3)14-8-9-15(24)22(14,19)6/h8-11,14,16-19H,4,7H2,1-3,5-6H3/t10-,11+,14+,16-,17-,18+,19+,22+/m1/s1. The minimum absolute atomic E-state index is 0.0447. The van der Waals surface area contributed by atoms with Crippen LogP contribution < -0.4 is 0 Å². The van der Waals surface area contributed by atoms with E-state index < -0.39 is 47.6 Å². The SMILES string of the molecule is C=C1C(=O)O[C@@H]2[C@@H](C)[C@@H]3C=CC(=O)[C@@]3(C)[C@@H](OC(=O)[C@H](C)CC)[C@H]1[C@@H]2OC(C)=O. The van der Waals surface area contributed by atoms with Gasteiger partial charge in [0.1, 0.15) is 18.3 Å². The van der Waals surface area contributed by atoms with E-state index in [4.69, 9.17) is 14.2 Å². The van der Waals surface area contributed by atoms with Crippen LogP contribution in [0.5, 0.6) is 0 Å². The molecule has 2 aliphatic carbocycles. The van der Waals surface area contributed by atoms with E-state index in [-0.39, 0.29) is 29.1 Å². The topological polar surface area (TPSA) is 96.0 Å². The number of carbonyl (C=O) groups is 4. The lowest BCUT2D eigenvalue weighted by Crippen LogP contribution is -2.55. The molecule has 0 spiro atoms. The summed E-state index contributed by atoms with van der Waals surface area (Å²) in [6.07, 6.45) is 1.18. The van der Waals surface area contributed by atoms with Crippen LogP contribution in [0.1, 0.15) is 41.0 Å². The summed E-state index contributed by atoms with van der Waals surface area (Å²) in [6.45, 7) is 12.3. The van der Waals surface area contributed by atoms with Crippen molar-refractivity contribution in [2.24, 2.45) is 29.1 Å². The summed E-state index contributed by atoms with van der Waals surface area (Å²) in [7, 11) is 0. The van der Waals surface area contributed by atoms with Crippen LogP contribution in [0.4, 0.5) is 0 Å². The molecule has 0 aromatic carbocycles. The van der Waals surface area contributed by atoms with Gasteiger partial charge in [-0.2, -0.15) is 0 Å². The monoisotopic (exact) mass is 404 g/mol. The minimum Gasteiger partial charge on any atom is -0.460 e. The number of fused-ring (bicyclic) bond motifs is 3. The van der Waals surface area contributed by atoms with E-state index in [9.17, 15) is 19.2 Å². The molecule has 1 saturated heterocycles. The lowest BCUT2D eigenvalue weighted by atomic mass is 9.67. The molecule has 0 aromatic rings. The van der Waals surface area contributed by atoms with Gasteiger partial charge in [-0.3, -0.25) is 14.4 Å². The summed E-state index contributed by atoms with van der Waals surface area (Å²) in [6, 6.07) is 0. The lowest BCUT2D eigenvalue weighted by molar-refractivity contribution is -0.189. The van der Waals surface area contributed by atoms with Gasteiger partial charge >= 0.3 is 17.9 Å². The van der Waals surface area contributed by atoms with Crippen LogP contribution in [0.3, 0.4) is 0 Å². The van der Waals surface area contributed by atoms with Gasteiger partial charge in [0.25, 0.3) is 0 Å². The van der Waals surface area contributed by atoms with Gasteiger partial charge in [0.15, 0.2) is 5.78 Å². The van der Waals surface area contributed by atoms with Crippen molar-refractivity contribution in [1.29, 1.82) is 0 Å². The number of hydrogen-bond donors (Lipinski definition) is 0. The third kappa shape index (κ3) is 3.20. The molecule has 2 fully saturated rings. The van der Waals surface area contributed by atoms with Crippen LogP contribution in [0.15, 0.2) is 24.3 Å². The van der Waals surface area contributed by atoms with Crippen LogP contribution in [-0.4, -0.2) is 42.0 Å². The largest absolute Gasteiger partial charge is 0.460 e. The highest BCUT2D eigenvalue weighted by atomic mass is 16.6. The number of hydrogen-bond acceptors (Lipinski definition) is 7. The van der Waals surface area contributed by atoms with E-state index in [1.165, 1.54) is 13.0 Å². The zero-order valence-electron chi connectivity index (χ0n) is 17.5. The maximum absolute atomic E-state index is 13.0. The summed E-state index contributed by atoms with van der Waals surface area (Å²) < 4.78 is 17.1. The maximum atomic E-state index is 13.0. The molecule has 1 heterocycles. The second kappa shape index (κ2) is 7.43. The molecule has 7 nitrogen and oxygen atoms in total. The van der Waals surface area contributed by atoms with Crippen molar-refractivity contribution in [3.8, 4) is 0 Å². The van der Waals surface area contributed by atoms with Crippen LogP contribution in [0, 0.1) is 29.1 Å². The fourth-order valence-corrected chi connectivity index (χ4v) is 4.87. The maximum Gasteiger partial charge on any atom is 0.334 e. The van der Waals surface area contributed by atoms with Gasteiger partial charge in [-0.25, -0.2) is 4.79 Å². The molecule has 1 aliphatic heterocycles. The quantitative estimate of drug-likeness (QED) is 0.403. The fourth-order valence-electron chi connectivity index (χ4n) is 4.87. The zero-order valence-corrected chi connectivity index (χ0v) is 17.5. The van der Waals surface area contributed by atoms with Crippen molar-refractivity contribution >= 4 is 23.7 Å². The van der Waals surface area contributed by atoms with Crippen molar-refractivity contribution in [1.82, 2.24) is 0 Å². The summed E-state index contributed by atoms with van der Waals surface area (Å²) in [5.74, 6) is -3.75. The van der Waals surface area contributed by atoms with Crippen molar-refractivity contribution in [3.05, 3.63) is 24.3 Å². The third-order valence-corrected chi connectivity index (χ3v) is 6.83. The van der Waals surface area contributed by atoms with E-state index in [1.807, 2.05) is 13.8 Å². The molecule has 7 heteroatoms. The van der Waals surface area contributed by atoms with Crippen LogP contribution in [0.2, 0.25) is 0 Å². The Hall–Kier alpha value is -2.44. The number of carbonyl (C=O) groups excluding carboxylic acids is 4. The smallest absolute Gasteiger partial charge is 0.334 e. The third-order valence-electron chi connectivity index (χ3n) is 6.83. The Balaban J connectivity index is 2.17. The Morgan fingerprint density at radius 2 is 1.97 bits per heavy atom. The summed E-state index contributed by atoms with van der Waals surface area (Å²) in [4.78, 5) is 50.2. The van der Waals surface area contributed by atoms with E-state index >= 15 is 0 Å². The molecule has 0 aromatic heterocycles. The van der Waals surface area contributed by atoms with E-state index in [1.54, 1.807) is 19.9 Å². The molecule has 158 valence electrons. The van der Waals surface area contributed by atoms with Crippen molar-refractivity contribution < 1.29 is 33.4 Å². The summed E-state index contributed by atoms with van der Waals surface area (Å²) in [5.41, 5.74) is -1.07. The Bertz CT molecular complexity index is 797. The van der Waals surface area contributed by atoms with Gasteiger partial charge < -0.3 is 14.2 Å². The average Bonchev–Trinajstić information content (AvgIpc) is 2.94. The highest BCUT2D eigenvalue weighted by Gasteiger charge is 2.65. The first-order valence-corrected chi connectivity index (χ1v) is 10.0. The normalized spacial score (nSPS) is 39.3. The first-order chi connectivity index (χ1) is 13.5. The molecule has 0 radical (unpaired) electrons. The molecular formula is C22H28O7. The predicted molar refractivity (Wildman–Crippen MR) is 102 cm³/mol. The molecule has 0 N–H and O–H groups in total. The molecule has 1 saturated carbocycles. The molecule has 29 heavy (non-hydrogen) atoms. The van der Waals surface area contributed by atoms with E-state index in [0.717, 1.165) is 0 Å². The number of allylic oxidation sites excluding steroid dienone is 2. The minimum atomic E-state index is -1.11. The highest BCUT2D eigenvalue weighted by Crippen LogP contribution is 2.55. The molecule has 0 unspecified atom stereocenters. The molecule has 0 amide bonds.